The number of hydrogen-bond acceptors (Lipinski definition) is 3. The van der Waals surface area contributed by atoms with Gasteiger partial charge in [0.2, 0.25) is 0 Å². The number of nitrogens with one attached hydrogen (secondary N) is 1. The van der Waals surface area contributed by atoms with Crippen molar-refractivity contribution in [2.24, 2.45) is 0 Å². The van der Waals surface area contributed by atoms with Crippen LogP contribution in [0, 0.1) is 0 Å². The van der Waals surface area contributed by atoms with Crippen molar-refractivity contribution in [1.82, 2.24) is 20.0 Å². The number of nitrogens with zero attached hydrogens (tertiary/aromatic N) is 3. The summed E-state index contributed by atoms with van der Waals surface area (Å²) < 4.78 is 0. The van der Waals surface area contributed by atoms with E-state index in [0.29, 0.717) is 0 Å². The summed E-state index contributed by atoms with van der Waals surface area (Å²) in [5.74, 6) is -1.10. The molecule has 2 N–H and O–H groups in total. The molecule has 0 aromatic rings. The van der Waals surface area contributed by atoms with Gasteiger partial charge in [0, 0.05) is 14.1 Å². The highest BCUT2D eigenvalue weighted by Crippen LogP contribution is 2.28. The molecule has 8 heteroatoms. The summed E-state index contributed by atoms with van der Waals surface area (Å²) in [6, 6.07) is -1.70. The molecule has 2 aliphatic heterocycles. The van der Waals surface area contributed by atoms with E-state index in [4.69, 9.17) is 5.11 Å². The number of rotatable bonds is 2. The van der Waals surface area contributed by atoms with Gasteiger partial charge in [0.1, 0.15) is 18.4 Å². The van der Waals surface area contributed by atoms with Gasteiger partial charge in [-0.2, -0.15) is 0 Å². The van der Waals surface area contributed by atoms with Crippen LogP contribution in [0.4, 0.5) is 9.59 Å². The predicted octanol–water partition coefficient (Wildman–Crippen LogP) is -0.866. The zero-order valence-electron chi connectivity index (χ0n) is 9.75. The third kappa shape index (κ3) is 1.40. The average molecular weight is 242 g/mol. The minimum atomic E-state index is -1.10. The molecule has 0 aromatic carbocycles. The standard InChI is InChI=1S/C9H14N4O4/c1-4(7(14)15)13-6-5(10-8(13)16)11(2)9(17)12(6)3/h4-6H,1-3H3,(H,10,16)(H,14,15)/t4-,5+,6-/m1/s1. The van der Waals surface area contributed by atoms with E-state index < -0.39 is 30.4 Å². The number of aliphatic carboxylic acids is 1. The minimum Gasteiger partial charge on any atom is -0.480 e. The molecule has 0 saturated carbocycles. The molecule has 17 heavy (non-hydrogen) atoms. The lowest BCUT2D eigenvalue weighted by molar-refractivity contribution is -0.142. The number of hydrogen-bond donors (Lipinski definition) is 2. The Labute approximate surface area is 97.8 Å². The summed E-state index contributed by atoms with van der Waals surface area (Å²) in [5, 5.41) is 11.6. The molecule has 3 atom stereocenters. The Hall–Kier alpha value is -1.99. The van der Waals surface area contributed by atoms with E-state index in [1.165, 1.54) is 21.6 Å². The topological polar surface area (TPSA) is 93.2 Å². The second-order valence-corrected chi connectivity index (χ2v) is 4.23. The van der Waals surface area contributed by atoms with Crippen molar-refractivity contribution in [3.63, 3.8) is 0 Å². The van der Waals surface area contributed by atoms with Crippen molar-refractivity contribution in [3.05, 3.63) is 0 Å². The number of carbonyl (C=O) groups excluding carboxylic acids is 2. The third-order valence-electron chi connectivity index (χ3n) is 3.27. The predicted molar refractivity (Wildman–Crippen MR) is 56.0 cm³/mol. The maximum Gasteiger partial charge on any atom is 0.326 e. The molecule has 2 heterocycles. The fourth-order valence-corrected chi connectivity index (χ4v) is 2.25. The molecule has 0 aliphatic carbocycles. The molecule has 0 bridgehead atoms. The highest BCUT2D eigenvalue weighted by Gasteiger charge is 2.54. The van der Waals surface area contributed by atoms with Crippen molar-refractivity contribution < 1.29 is 19.5 Å². The van der Waals surface area contributed by atoms with E-state index in [1.54, 1.807) is 14.1 Å². The van der Waals surface area contributed by atoms with E-state index >= 15 is 0 Å². The molecule has 0 aromatic heterocycles. The van der Waals surface area contributed by atoms with Gasteiger partial charge in [-0.3, -0.25) is 4.90 Å². The number of fused-ring (bicyclic) bond motifs is 1. The summed E-state index contributed by atoms with van der Waals surface area (Å²) >= 11 is 0. The van der Waals surface area contributed by atoms with Gasteiger partial charge in [-0.15, -0.1) is 0 Å². The van der Waals surface area contributed by atoms with Crippen molar-refractivity contribution in [3.8, 4) is 0 Å². The van der Waals surface area contributed by atoms with E-state index in [1.807, 2.05) is 0 Å². The number of amides is 4. The molecule has 2 saturated heterocycles. The van der Waals surface area contributed by atoms with Crippen LogP contribution < -0.4 is 5.32 Å². The Bertz CT molecular complexity index is 398. The number of urea groups is 2. The van der Waals surface area contributed by atoms with Crippen LogP contribution in [0.15, 0.2) is 0 Å². The molecule has 0 spiro atoms. The molecule has 2 fully saturated rings. The van der Waals surface area contributed by atoms with Gasteiger partial charge in [-0.25, -0.2) is 14.4 Å². The lowest BCUT2D eigenvalue weighted by Gasteiger charge is -2.29. The van der Waals surface area contributed by atoms with Gasteiger partial charge in [0.15, 0.2) is 0 Å². The van der Waals surface area contributed by atoms with Gasteiger partial charge in [0.25, 0.3) is 0 Å². The van der Waals surface area contributed by atoms with E-state index in [2.05, 4.69) is 5.32 Å². The number of carbonyl (C=O) groups is 3. The second kappa shape index (κ2) is 3.51. The van der Waals surface area contributed by atoms with Crippen LogP contribution in [-0.2, 0) is 4.79 Å². The van der Waals surface area contributed by atoms with Gasteiger partial charge in [-0.05, 0) is 6.92 Å². The molecule has 0 unspecified atom stereocenters. The Morgan fingerprint density at radius 2 is 1.94 bits per heavy atom. The maximum absolute atomic E-state index is 11.7. The van der Waals surface area contributed by atoms with Gasteiger partial charge < -0.3 is 20.2 Å². The Kier molecular flexibility index (Phi) is 2.37. The summed E-state index contributed by atoms with van der Waals surface area (Å²) in [7, 11) is 3.12. The number of likely N-dealkylation sites (N-methyl/N-ethyl adjacent to an activating group) is 2. The zero-order valence-corrected chi connectivity index (χ0v) is 9.75. The summed E-state index contributed by atoms with van der Waals surface area (Å²) in [5.41, 5.74) is 0. The largest absolute Gasteiger partial charge is 0.480 e. The average Bonchev–Trinajstić information content (AvgIpc) is 2.70. The van der Waals surface area contributed by atoms with Crippen LogP contribution >= 0.6 is 0 Å². The van der Waals surface area contributed by atoms with Gasteiger partial charge in [0.05, 0.1) is 0 Å². The molecule has 2 rings (SSSR count). The SMILES string of the molecule is C[C@H](C(=O)O)N1C(=O)N[C@@H]2[C@@H]1N(C)C(=O)N2C. The fourth-order valence-electron chi connectivity index (χ4n) is 2.25. The Morgan fingerprint density at radius 1 is 1.35 bits per heavy atom. The normalized spacial score (nSPS) is 29.5. The number of carboxylic acid groups (broad SMARTS) is 1. The van der Waals surface area contributed by atoms with E-state index in [9.17, 15) is 14.4 Å². The summed E-state index contributed by atoms with van der Waals surface area (Å²) in [4.78, 5) is 38.3. The molecule has 2 aliphatic rings. The first-order chi connectivity index (χ1) is 7.86. The van der Waals surface area contributed by atoms with E-state index in [0.717, 1.165) is 0 Å². The number of carboxylic acids is 1. The monoisotopic (exact) mass is 242 g/mol. The first kappa shape index (κ1) is 11.5. The van der Waals surface area contributed by atoms with Crippen LogP contribution in [0.5, 0.6) is 0 Å². The molecule has 8 nitrogen and oxygen atoms in total. The molecule has 4 amide bonds. The van der Waals surface area contributed by atoms with Crippen molar-refractivity contribution in [1.29, 1.82) is 0 Å². The highest BCUT2D eigenvalue weighted by atomic mass is 16.4. The molecular formula is C9H14N4O4. The van der Waals surface area contributed by atoms with Crippen LogP contribution in [0.3, 0.4) is 0 Å². The lowest BCUT2D eigenvalue weighted by atomic mass is 10.2. The summed E-state index contributed by atoms with van der Waals surface area (Å²) in [6.07, 6.45) is -1.08. The highest BCUT2D eigenvalue weighted by molar-refractivity contribution is 5.88. The van der Waals surface area contributed by atoms with Crippen molar-refractivity contribution >= 4 is 18.0 Å². The van der Waals surface area contributed by atoms with Crippen molar-refractivity contribution in [2.75, 3.05) is 14.1 Å². The Morgan fingerprint density at radius 3 is 2.47 bits per heavy atom. The summed E-state index contributed by atoms with van der Waals surface area (Å²) in [6.45, 7) is 1.42. The van der Waals surface area contributed by atoms with Gasteiger partial charge >= 0.3 is 18.0 Å². The first-order valence-corrected chi connectivity index (χ1v) is 5.17. The van der Waals surface area contributed by atoms with Crippen LogP contribution in [0.2, 0.25) is 0 Å². The van der Waals surface area contributed by atoms with E-state index in [-0.39, 0.29) is 6.03 Å². The molecule has 94 valence electrons. The maximum atomic E-state index is 11.7. The smallest absolute Gasteiger partial charge is 0.326 e. The zero-order chi connectivity index (χ0) is 12.9. The van der Waals surface area contributed by atoms with Crippen LogP contribution in [0.1, 0.15) is 6.92 Å². The lowest BCUT2D eigenvalue weighted by Crippen LogP contribution is -2.51. The quantitative estimate of drug-likeness (QED) is 0.658. The van der Waals surface area contributed by atoms with Crippen LogP contribution in [0.25, 0.3) is 0 Å². The van der Waals surface area contributed by atoms with Crippen LogP contribution in [-0.4, -0.2) is 70.3 Å². The second-order valence-electron chi connectivity index (χ2n) is 4.23. The molecule has 0 radical (unpaired) electrons. The third-order valence-corrected chi connectivity index (χ3v) is 3.27. The molecular weight excluding hydrogens is 228 g/mol. The fraction of sp³-hybridized carbons (Fsp3) is 0.667. The minimum absolute atomic E-state index is 0.248. The van der Waals surface area contributed by atoms with Crippen molar-refractivity contribution in [2.45, 2.75) is 25.3 Å². The Balaban J connectivity index is 2.33. The van der Waals surface area contributed by atoms with Gasteiger partial charge in [-0.1, -0.05) is 0 Å². The first-order valence-electron chi connectivity index (χ1n) is 5.17.